The van der Waals surface area contributed by atoms with Gasteiger partial charge in [-0.2, -0.15) is 0 Å². The second-order valence-electron chi connectivity index (χ2n) is 2.21. The highest BCUT2D eigenvalue weighted by atomic mass is 127. The highest BCUT2D eigenvalue weighted by Gasteiger charge is 2.02. The molecular formula is C8H7Cl2I. The Morgan fingerprint density at radius 2 is 1.91 bits per heavy atom. The molecule has 60 valence electrons. The molecule has 0 saturated carbocycles. The average molecular weight is 301 g/mol. The van der Waals surface area contributed by atoms with Crippen LogP contribution in [0.2, 0.25) is 10.0 Å². The first-order chi connectivity index (χ1) is 5.15. The minimum Gasteiger partial charge on any atom is -0.0840 e. The number of hydrogen-bond acceptors (Lipinski definition) is 0. The fourth-order valence-electron chi connectivity index (χ4n) is 0.835. The normalized spacial score (nSPS) is 10.2. The summed E-state index contributed by atoms with van der Waals surface area (Å²) in [4.78, 5) is 0. The first-order valence-corrected chi connectivity index (χ1v) is 5.12. The Bertz CT molecular complexity index is 271. The number of benzene rings is 1. The van der Waals surface area contributed by atoms with Crippen molar-refractivity contribution in [2.24, 2.45) is 0 Å². The maximum Gasteiger partial charge on any atom is 0.0554 e. The molecule has 1 aromatic rings. The topological polar surface area (TPSA) is 0 Å². The molecule has 0 unspecified atom stereocenters. The summed E-state index contributed by atoms with van der Waals surface area (Å²) in [6.45, 7) is 2.07. The van der Waals surface area contributed by atoms with E-state index in [9.17, 15) is 0 Å². The molecule has 0 amide bonds. The van der Waals surface area contributed by atoms with E-state index < -0.39 is 0 Å². The predicted molar refractivity (Wildman–Crippen MR) is 58.6 cm³/mol. The molecule has 0 nitrogen and oxygen atoms in total. The van der Waals surface area contributed by atoms with Gasteiger partial charge < -0.3 is 0 Å². The molecule has 0 bridgehead atoms. The molecule has 0 atom stereocenters. The van der Waals surface area contributed by atoms with Gasteiger partial charge in [0.25, 0.3) is 0 Å². The third-order valence-corrected chi connectivity index (χ3v) is 3.35. The summed E-state index contributed by atoms with van der Waals surface area (Å²) in [5.74, 6) is 0. The van der Waals surface area contributed by atoms with Crippen molar-refractivity contribution in [3.05, 3.63) is 31.3 Å². The van der Waals surface area contributed by atoms with Crippen LogP contribution < -0.4 is 0 Å². The van der Waals surface area contributed by atoms with Gasteiger partial charge in [-0.05, 0) is 46.7 Å². The van der Waals surface area contributed by atoms with Crippen LogP contribution in [0.4, 0.5) is 0 Å². The summed E-state index contributed by atoms with van der Waals surface area (Å²) < 4.78 is 1.06. The van der Waals surface area contributed by atoms with Crippen LogP contribution in [0, 0.1) is 3.57 Å². The molecule has 0 spiro atoms. The highest BCUT2D eigenvalue weighted by Crippen LogP contribution is 2.26. The lowest BCUT2D eigenvalue weighted by molar-refractivity contribution is 1.14. The minimum atomic E-state index is 0.729. The van der Waals surface area contributed by atoms with Crippen LogP contribution in [0.3, 0.4) is 0 Å². The van der Waals surface area contributed by atoms with Crippen LogP contribution in [0.1, 0.15) is 12.5 Å². The Hall–Kier alpha value is 0.530. The quantitative estimate of drug-likeness (QED) is 0.540. The molecule has 0 aliphatic rings. The average Bonchev–Trinajstić information content (AvgIpc) is 1.97. The van der Waals surface area contributed by atoms with Crippen molar-refractivity contribution in [1.82, 2.24) is 0 Å². The third-order valence-electron chi connectivity index (χ3n) is 1.47. The molecule has 0 radical (unpaired) electrons. The first-order valence-electron chi connectivity index (χ1n) is 3.28. The molecule has 1 rings (SSSR count). The van der Waals surface area contributed by atoms with Gasteiger partial charge in [0.05, 0.1) is 5.02 Å². The monoisotopic (exact) mass is 300 g/mol. The summed E-state index contributed by atoms with van der Waals surface area (Å²) in [5, 5.41) is 1.49. The predicted octanol–water partition coefficient (Wildman–Crippen LogP) is 4.16. The number of rotatable bonds is 1. The lowest BCUT2D eigenvalue weighted by atomic mass is 10.2. The van der Waals surface area contributed by atoms with Crippen molar-refractivity contribution in [3.8, 4) is 0 Å². The van der Waals surface area contributed by atoms with Gasteiger partial charge in [-0.3, -0.25) is 0 Å². The van der Waals surface area contributed by atoms with E-state index in [1.54, 1.807) is 6.07 Å². The van der Waals surface area contributed by atoms with E-state index in [1.807, 2.05) is 6.07 Å². The Balaban J connectivity index is 3.21. The van der Waals surface area contributed by atoms with Crippen molar-refractivity contribution in [1.29, 1.82) is 0 Å². The van der Waals surface area contributed by atoms with Crippen LogP contribution in [0.25, 0.3) is 0 Å². The van der Waals surface area contributed by atoms with E-state index in [2.05, 4.69) is 29.5 Å². The van der Waals surface area contributed by atoms with Gasteiger partial charge in [0, 0.05) is 8.59 Å². The van der Waals surface area contributed by atoms with Crippen LogP contribution in [-0.2, 0) is 6.42 Å². The van der Waals surface area contributed by atoms with Crippen molar-refractivity contribution in [2.45, 2.75) is 13.3 Å². The molecule has 3 heteroatoms. The van der Waals surface area contributed by atoms with E-state index in [0.29, 0.717) is 0 Å². The van der Waals surface area contributed by atoms with E-state index >= 15 is 0 Å². The largest absolute Gasteiger partial charge is 0.0840 e. The summed E-state index contributed by atoms with van der Waals surface area (Å²) >= 11 is 14.0. The second kappa shape index (κ2) is 3.97. The molecule has 0 aliphatic heterocycles. The fraction of sp³-hybridized carbons (Fsp3) is 0.250. The summed E-state index contributed by atoms with van der Waals surface area (Å²) in [7, 11) is 0. The van der Waals surface area contributed by atoms with Crippen LogP contribution in [-0.4, -0.2) is 0 Å². The van der Waals surface area contributed by atoms with Gasteiger partial charge in [-0.15, -0.1) is 0 Å². The minimum absolute atomic E-state index is 0.729. The van der Waals surface area contributed by atoms with Gasteiger partial charge in [0.15, 0.2) is 0 Å². The Morgan fingerprint density at radius 1 is 1.27 bits per heavy atom. The second-order valence-corrected chi connectivity index (χ2v) is 4.19. The molecule has 0 aromatic heterocycles. The maximum absolute atomic E-state index is 5.91. The summed E-state index contributed by atoms with van der Waals surface area (Å²) in [6, 6.07) is 3.81. The van der Waals surface area contributed by atoms with Gasteiger partial charge in [0.1, 0.15) is 0 Å². The standard InChI is InChI=1S/C8H7Cl2I/c1-2-5-3-8(11)7(10)4-6(5)9/h3-4H,2H2,1H3. The van der Waals surface area contributed by atoms with Gasteiger partial charge in [-0.1, -0.05) is 30.1 Å². The first kappa shape index (κ1) is 9.62. The van der Waals surface area contributed by atoms with E-state index in [-0.39, 0.29) is 0 Å². The summed E-state index contributed by atoms with van der Waals surface area (Å²) in [5.41, 5.74) is 1.15. The Morgan fingerprint density at radius 3 is 2.45 bits per heavy atom. The fourth-order valence-corrected chi connectivity index (χ4v) is 1.88. The molecule has 0 aliphatic carbocycles. The lowest BCUT2D eigenvalue weighted by Crippen LogP contribution is -1.84. The SMILES string of the molecule is CCc1cc(I)c(Cl)cc1Cl. The molecule has 0 fully saturated rings. The molecule has 0 heterocycles. The molecular weight excluding hydrogens is 294 g/mol. The smallest absolute Gasteiger partial charge is 0.0554 e. The summed E-state index contributed by atoms with van der Waals surface area (Å²) in [6.07, 6.45) is 0.950. The zero-order valence-corrected chi connectivity index (χ0v) is 9.67. The van der Waals surface area contributed by atoms with Crippen LogP contribution in [0.5, 0.6) is 0 Å². The van der Waals surface area contributed by atoms with Crippen molar-refractivity contribution in [3.63, 3.8) is 0 Å². The van der Waals surface area contributed by atoms with E-state index in [1.165, 1.54) is 0 Å². The number of hydrogen-bond donors (Lipinski definition) is 0. The number of aryl methyl sites for hydroxylation is 1. The maximum atomic E-state index is 5.91. The zero-order valence-electron chi connectivity index (χ0n) is 6.00. The molecule has 1 aromatic carbocycles. The lowest BCUT2D eigenvalue weighted by Gasteiger charge is -2.02. The van der Waals surface area contributed by atoms with Crippen molar-refractivity contribution in [2.75, 3.05) is 0 Å². The molecule has 11 heavy (non-hydrogen) atoms. The number of halogens is 3. The van der Waals surface area contributed by atoms with Crippen molar-refractivity contribution < 1.29 is 0 Å². The molecule has 0 saturated heterocycles. The zero-order chi connectivity index (χ0) is 8.43. The van der Waals surface area contributed by atoms with E-state index in [4.69, 9.17) is 23.2 Å². The Labute approximate surface area is 90.0 Å². The van der Waals surface area contributed by atoms with Gasteiger partial charge in [0.2, 0.25) is 0 Å². The molecule has 0 N–H and O–H groups in total. The van der Waals surface area contributed by atoms with Crippen molar-refractivity contribution >= 4 is 45.8 Å². The Kier molecular flexibility index (Phi) is 3.47. The highest BCUT2D eigenvalue weighted by molar-refractivity contribution is 14.1. The van der Waals surface area contributed by atoms with Crippen LogP contribution >= 0.6 is 45.8 Å². The van der Waals surface area contributed by atoms with Gasteiger partial charge >= 0.3 is 0 Å². The van der Waals surface area contributed by atoms with E-state index in [0.717, 1.165) is 25.6 Å². The third kappa shape index (κ3) is 2.23. The van der Waals surface area contributed by atoms with Crippen LogP contribution in [0.15, 0.2) is 12.1 Å². The van der Waals surface area contributed by atoms with Gasteiger partial charge in [-0.25, -0.2) is 0 Å².